The molecule has 0 aromatic rings. The molecule has 2 aliphatic rings. The normalized spacial score (nSPS) is 19.3. The van der Waals surface area contributed by atoms with Crippen molar-refractivity contribution < 1.29 is 39.6 Å². The number of thiol groups is 1. The molecule has 12 nitrogen and oxygen atoms in total. The van der Waals surface area contributed by atoms with Crippen LogP contribution in [0.4, 0.5) is 4.79 Å². The molecule has 3 atom stereocenters. The summed E-state index contributed by atoms with van der Waals surface area (Å²) in [6, 6.07) is -0.618. The number of likely N-dealkylation sites (N-methyl/N-ethyl adjacent to an activating group) is 1. The van der Waals surface area contributed by atoms with Gasteiger partial charge in [0.25, 0.3) is 0 Å². The number of hydrogen-bond acceptors (Lipinski definition) is 8. The summed E-state index contributed by atoms with van der Waals surface area (Å²) in [6.07, 6.45) is 3.09. The molecule has 2 fully saturated rings. The molecule has 1 aliphatic heterocycles. The van der Waals surface area contributed by atoms with E-state index >= 15 is 0 Å². The van der Waals surface area contributed by atoms with Crippen LogP contribution in [0.15, 0.2) is 0 Å². The first-order valence-corrected chi connectivity index (χ1v) is 13.1. The molecular formula is C23H42N4O8S. The average Bonchev–Trinajstić information content (AvgIpc) is 2.86. The van der Waals surface area contributed by atoms with Crippen molar-refractivity contribution in [1.82, 2.24) is 20.0 Å². The first kappa shape index (κ1) is 31.9. The van der Waals surface area contributed by atoms with Crippen LogP contribution in [0.1, 0.15) is 45.4 Å². The first-order valence-electron chi connectivity index (χ1n) is 12.4. The van der Waals surface area contributed by atoms with E-state index in [2.05, 4.69) is 29.9 Å². The van der Waals surface area contributed by atoms with E-state index in [1.54, 1.807) is 6.92 Å². The Labute approximate surface area is 218 Å². The van der Waals surface area contributed by atoms with Crippen LogP contribution in [0.5, 0.6) is 0 Å². The lowest BCUT2D eigenvalue weighted by atomic mass is 9.87. The molecule has 0 spiro atoms. The lowest BCUT2D eigenvalue weighted by Gasteiger charge is -2.34. The van der Waals surface area contributed by atoms with Crippen molar-refractivity contribution in [3.05, 3.63) is 0 Å². The van der Waals surface area contributed by atoms with E-state index < -0.39 is 30.2 Å². The number of nitrogens with zero attached hydrogens (tertiary/aromatic N) is 3. The zero-order chi connectivity index (χ0) is 27.3. The molecule has 1 heterocycles. The van der Waals surface area contributed by atoms with Crippen LogP contribution in [0.2, 0.25) is 0 Å². The summed E-state index contributed by atoms with van der Waals surface area (Å²) < 4.78 is 0. The summed E-state index contributed by atoms with van der Waals surface area (Å²) in [5.74, 6) is -2.14. The fourth-order valence-corrected chi connectivity index (χ4v) is 4.40. The van der Waals surface area contributed by atoms with E-state index in [0.717, 1.165) is 45.1 Å². The summed E-state index contributed by atoms with van der Waals surface area (Å²) in [7, 11) is 2.06. The third kappa shape index (κ3) is 11.3. The van der Waals surface area contributed by atoms with Crippen molar-refractivity contribution in [2.45, 2.75) is 63.7 Å². The number of rotatable bonds is 10. The predicted molar refractivity (Wildman–Crippen MR) is 136 cm³/mol. The van der Waals surface area contributed by atoms with Gasteiger partial charge in [-0.25, -0.2) is 14.4 Å². The molecule has 3 amide bonds. The molecule has 0 radical (unpaired) electrons. The highest BCUT2D eigenvalue weighted by Gasteiger charge is 2.29. The molecule has 2 rings (SSSR count). The van der Waals surface area contributed by atoms with Gasteiger partial charge in [0.15, 0.2) is 12.2 Å². The highest BCUT2D eigenvalue weighted by atomic mass is 32.1. The van der Waals surface area contributed by atoms with Gasteiger partial charge in [-0.1, -0.05) is 32.1 Å². The van der Waals surface area contributed by atoms with E-state index in [0.29, 0.717) is 12.3 Å². The molecule has 208 valence electrons. The van der Waals surface area contributed by atoms with Crippen LogP contribution >= 0.6 is 12.6 Å². The molecule has 1 saturated heterocycles. The van der Waals surface area contributed by atoms with E-state index in [1.165, 1.54) is 32.1 Å². The lowest BCUT2D eigenvalue weighted by Crippen LogP contribution is -2.55. The summed E-state index contributed by atoms with van der Waals surface area (Å²) in [5, 5.41) is 35.4. The van der Waals surface area contributed by atoms with Gasteiger partial charge in [0, 0.05) is 45.0 Å². The summed E-state index contributed by atoms with van der Waals surface area (Å²) in [5.41, 5.74) is 0. The Kier molecular flexibility index (Phi) is 14.7. The molecule has 0 bridgehead atoms. The highest BCUT2D eigenvalue weighted by molar-refractivity contribution is 7.80. The molecule has 36 heavy (non-hydrogen) atoms. The van der Waals surface area contributed by atoms with Crippen LogP contribution in [-0.4, -0.2) is 129 Å². The Bertz CT molecular complexity index is 696. The zero-order valence-corrected chi connectivity index (χ0v) is 22.1. The maximum Gasteiger partial charge on any atom is 0.335 e. The van der Waals surface area contributed by atoms with Crippen molar-refractivity contribution in [3.8, 4) is 0 Å². The lowest BCUT2D eigenvalue weighted by molar-refractivity contribution is -0.165. The van der Waals surface area contributed by atoms with E-state index in [-0.39, 0.29) is 11.9 Å². The molecule has 1 aliphatic carbocycles. The number of hydrogen-bond donors (Lipinski definition) is 6. The Hall–Kier alpha value is -2.09. The third-order valence-corrected chi connectivity index (χ3v) is 6.72. The number of carbonyl (C=O) groups excluding carboxylic acids is 2. The number of nitrogens with one attached hydrogen (secondary N) is 1. The smallest absolute Gasteiger partial charge is 0.335 e. The maximum atomic E-state index is 12.7. The van der Waals surface area contributed by atoms with Gasteiger partial charge in [0.1, 0.15) is 6.04 Å². The second-order valence-corrected chi connectivity index (χ2v) is 9.82. The largest absolute Gasteiger partial charge is 0.479 e. The minimum absolute atomic E-state index is 0.0181. The predicted octanol–water partition coefficient (Wildman–Crippen LogP) is -0.0619. The third-order valence-electron chi connectivity index (χ3n) is 6.52. The number of carbonyl (C=O) groups is 4. The molecule has 0 aromatic carbocycles. The second-order valence-electron chi connectivity index (χ2n) is 9.37. The quantitative estimate of drug-likeness (QED) is 0.210. The number of aliphatic hydroxyl groups excluding tert-OH is 2. The van der Waals surface area contributed by atoms with Gasteiger partial charge in [-0.2, -0.15) is 12.6 Å². The monoisotopic (exact) mass is 534 g/mol. The van der Waals surface area contributed by atoms with Gasteiger partial charge in [-0.15, -0.1) is 0 Å². The Morgan fingerprint density at radius 1 is 0.944 bits per heavy atom. The summed E-state index contributed by atoms with van der Waals surface area (Å²) in [4.78, 5) is 50.7. The second kappa shape index (κ2) is 16.6. The number of aliphatic hydroxyl groups is 2. The minimum Gasteiger partial charge on any atom is -0.479 e. The van der Waals surface area contributed by atoms with Gasteiger partial charge in [-0.3, -0.25) is 4.79 Å². The van der Waals surface area contributed by atoms with Crippen molar-refractivity contribution in [1.29, 1.82) is 0 Å². The Balaban J connectivity index is 0.000000548. The molecular weight excluding hydrogens is 492 g/mol. The topological polar surface area (TPSA) is 171 Å². The number of amides is 3. The summed E-state index contributed by atoms with van der Waals surface area (Å²) in [6.45, 7) is 6.41. The number of carboxylic acids is 2. The molecule has 0 aromatic heterocycles. The van der Waals surface area contributed by atoms with Gasteiger partial charge < -0.3 is 40.4 Å². The molecule has 1 saturated carbocycles. The van der Waals surface area contributed by atoms with Crippen LogP contribution in [0.25, 0.3) is 0 Å². The summed E-state index contributed by atoms with van der Waals surface area (Å²) >= 11 is 4.30. The van der Waals surface area contributed by atoms with Crippen molar-refractivity contribution in [3.63, 3.8) is 0 Å². The maximum absolute atomic E-state index is 12.7. The molecule has 13 heteroatoms. The van der Waals surface area contributed by atoms with Gasteiger partial charge >= 0.3 is 18.0 Å². The molecule has 5 N–H and O–H groups in total. The van der Waals surface area contributed by atoms with E-state index in [9.17, 15) is 19.2 Å². The highest BCUT2D eigenvalue weighted by Crippen LogP contribution is 2.26. The van der Waals surface area contributed by atoms with Gasteiger partial charge in [0.05, 0.1) is 0 Å². The zero-order valence-electron chi connectivity index (χ0n) is 21.2. The van der Waals surface area contributed by atoms with Crippen LogP contribution < -0.4 is 5.32 Å². The first-order chi connectivity index (χ1) is 17.0. The Morgan fingerprint density at radius 2 is 1.47 bits per heavy atom. The number of carboxylic acid groups (broad SMARTS) is 2. The van der Waals surface area contributed by atoms with Gasteiger partial charge in [-0.05, 0) is 26.3 Å². The molecule has 2 unspecified atom stereocenters. The number of aliphatic carboxylic acids is 2. The SMILES string of the molecule is C[C@H](NC(=O)N(CCS)CCC1CCCCC1)C(=O)N1CCN(C)CC1.O=C(O)C(O)C(O)C(=O)O. The van der Waals surface area contributed by atoms with E-state index in [1.807, 2.05) is 9.80 Å². The minimum atomic E-state index is -2.27. The van der Waals surface area contributed by atoms with Crippen LogP contribution in [-0.2, 0) is 14.4 Å². The Morgan fingerprint density at radius 3 is 1.94 bits per heavy atom. The number of urea groups is 1. The standard InChI is InChI=1S/C19H36N4O2S.C4H6O6/c1-16(18(24)22-12-10-21(2)11-13-22)20-19(25)23(14-15-26)9-8-17-6-4-3-5-7-17;5-1(3(7)8)2(6)4(9)10/h16-17,26H,3-15H2,1-2H3,(H,20,25);1-2,5-6H,(H,7,8)(H,9,10)/t16-;/m0./s1. The average molecular weight is 535 g/mol. The van der Waals surface area contributed by atoms with Crippen molar-refractivity contribution in [2.24, 2.45) is 5.92 Å². The van der Waals surface area contributed by atoms with Crippen LogP contribution in [0.3, 0.4) is 0 Å². The van der Waals surface area contributed by atoms with Crippen molar-refractivity contribution >= 4 is 36.5 Å². The fraction of sp³-hybridized carbons (Fsp3) is 0.826. The van der Waals surface area contributed by atoms with Crippen molar-refractivity contribution in [2.75, 3.05) is 52.1 Å². The van der Waals surface area contributed by atoms with Gasteiger partial charge in [0.2, 0.25) is 5.91 Å². The number of piperazine rings is 1. The van der Waals surface area contributed by atoms with Crippen LogP contribution in [0, 0.1) is 5.92 Å². The fourth-order valence-electron chi connectivity index (χ4n) is 4.16. The van der Waals surface area contributed by atoms with E-state index in [4.69, 9.17) is 20.4 Å².